The number of phenolic OH excluding ortho intramolecular Hbond substituents is 1. The van der Waals surface area contributed by atoms with E-state index in [9.17, 15) is 18.3 Å². The molecule has 2 aromatic rings. The maximum absolute atomic E-state index is 12.7. The van der Waals surface area contributed by atoms with Crippen LogP contribution in [0.5, 0.6) is 5.75 Å². The molecule has 1 atom stereocenters. The maximum Gasteiger partial charge on any atom is 0.416 e. The highest BCUT2D eigenvalue weighted by Gasteiger charge is 2.30. The van der Waals surface area contributed by atoms with Crippen molar-refractivity contribution in [2.75, 3.05) is 20.3 Å². The fourth-order valence-electron chi connectivity index (χ4n) is 3.61. The van der Waals surface area contributed by atoms with E-state index in [1.54, 1.807) is 24.3 Å². The highest BCUT2D eigenvalue weighted by Crippen LogP contribution is 2.29. The van der Waals surface area contributed by atoms with Crippen LogP contribution in [0.4, 0.5) is 13.2 Å². The van der Waals surface area contributed by atoms with Gasteiger partial charge in [0.05, 0.1) is 12.2 Å². The van der Waals surface area contributed by atoms with Crippen LogP contribution >= 0.6 is 0 Å². The Kier molecular flexibility index (Phi) is 6.07. The lowest BCUT2D eigenvalue weighted by Gasteiger charge is -2.17. The third kappa shape index (κ3) is 5.47. The molecule has 1 unspecified atom stereocenters. The second-order valence-corrected chi connectivity index (χ2v) is 7.32. The molecule has 0 aromatic heterocycles. The molecule has 1 aliphatic heterocycles. The molecule has 2 aromatic carbocycles. The van der Waals surface area contributed by atoms with E-state index in [2.05, 4.69) is 16.8 Å². The Bertz CT molecular complexity index is 729. The number of likely N-dealkylation sites (N-methyl/N-ethyl adjacent to an activating group) is 1. The monoisotopic (exact) mass is 378 g/mol. The van der Waals surface area contributed by atoms with Gasteiger partial charge in [0.15, 0.2) is 0 Å². The van der Waals surface area contributed by atoms with E-state index >= 15 is 0 Å². The molecule has 27 heavy (non-hydrogen) atoms. The van der Waals surface area contributed by atoms with Crippen molar-refractivity contribution in [3.8, 4) is 5.75 Å². The second-order valence-electron chi connectivity index (χ2n) is 7.32. The van der Waals surface area contributed by atoms with Crippen LogP contribution in [0, 0.1) is 0 Å². The molecule has 1 heterocycles. The van der Waals surface area contributed by atoms with E-state index in [0.29, 0.717) is 12.6 Å². The average Bonchev–Trinajstić information content (AvgIpc) is 2.96. The van der Waals surface area contributed by atoms with Crippen molar-refractivity contribution in [1.29, 1.82) is 0 Å². The van der Waals surface area contributed by atoms with Gasteiger partial charge in [-0.25, -0.2) is 0 Å². The van der Waals surface area contributed by atoms with Crippen LogP contribution in [0.3, 0.4) is 0 Å². The van der Waals surface area contributed by atoms with Gasteiger partial charge in [-0.05, 0) is 61.7 Å². The summed E-state index contributed by atoms with van der Waals surface area (Å²) in [5.41, 5.74) is 1.52. The number of aromatic hydroxyl groups is 1. The van der Waals surface area contributed by atoms with E-state index < -0.39 is 11.7 Å². The van der Waals surface area contributed by atoms with Crippen molar-refractivity contribution in [3.63, 3.8) is 0 Å². The molecule has 1 aliphatic rings. The molecule has 1 N–H and O–H groups in total. The Balaban J connectivity index is 1.47. The molecule has 3 rings (SSSR count). The molecule has 1 saturated heterocycles. The lowest BCUT2D eigenvalue weighted by molar-refractivity contribution is -0.137. The number of hydrogen-bond acceptors (Lipinski definition) is 3. The molecule has 0 saturated carbocycles. The van der Waals surface area contributed by atoms with E-state index in [-0.39, 0.29) is 5.75 Å². The second kappa shape index (κ2) is 8.31. The van der Waals surface area contributed by atoms with Gasteiger partial charge >= 0.3 is 6.18 Å². The molecule has 3 nitrogen and oxygen atoms in total. The molecule has 1 fully saturated rings. The Morgan fingerprint density at radius 3 is 2.26 bits per heavy atom. The van der Waals surface area contributed by atoms with Crippen LogP contribution in [0.15, 0.2) is 48.5 Å². The molecule has 0 radical (unpaired) electrons. The smallest absolute Gasteiger partial charge is 0.416 e. The van der Waals surface area contributed by atoms with E-state index in [4.69, 9.17) is 0 Å². The Labute approximate surface area is 158 Å². The van der Waals surface area contributed by atoms with Crippen molar-refractivity contribution in [1.82, 2.24) is 9.80 Å². The van der Waals surface area contributed by atoms with Gasteiger partial charge in [-0.2, -0.15) is 13.2 Å². The largest absolute Gasteiger partial charge is 0.508 e. The van der Waals surface area contributed by atoms with Gasteiger partial charge in [-0.1, -0.05) is 24.3 Å². The van der Waals surface area contributed by atoms with Crippen molar-refractivity contribution >= 4 is 0 Å². The summed E-state index contributed by atoms with van der Waals surface area (Å²) in [6.45, 7) is 2.41. The first-order chi connectivity index (χ1) is 12.8. The van der Waals surface area contributed by atoms with Crippen LogP contribution in [-0.4, -0.2) is 41.2 Å². The summed E-state index contributed by atoms with van der Waals surface area (Å²) in [7, 11) is 2.10. The van der Waals surface area contributed by atoms with Gasteiger partial charge in [-0.3, -0.25) is 9.80 Å². The molecule has 6 heteroatoms. The summed E-state index contributed by atoms with van der Waals surface area (Å²) in [5, 5.41) is 9.33. The zero-order chi connectivity index (χ0) is 19.4. The lowest BCUT2D eigenvalue weighted by Crippen LogP contribution is -2.26. The van der Waals surface area contributed by atoms with Crippen molar-refractivity contribution in [3.05, 3.63) is 65.2 Å². The van der Waals surface area contributed by atoms with Gasteiger partial charge in [0.2, 0.25) is 0 Å². The number of aryl methyl sites for hydroxylation is 1. The maximum atomic E-state index is 12.7. The van der Waals surface area contributed by atoms with Gasteiger partial charge in [0.25, 0.3) is 0 Å². The minimum Gasteiger partial charge on any atom is -0.508 e. The van der Waals surface area contributed by atoms with Gasteiger partial charge in [0.1, 0.15) is 5.75 Å². The van der Waals surface area contributed by atoms with Crippen LogP contribution < -0.4 is 0 Å². The number of alkyl halides is 3. The van der Waals surface area contributed by atoms with Crippen molar-refractivity contribution in [2.24, 2.45) is 0 Å². The number of benzene rings is 2. The van der Waals surface area contributed by atoms with Crippen LogP contribution in [0.25, 0.3) is 0 Å². The summed E-state index contributed by atoms with van der Waals surface area (Å²) < 4.78 is 38.0. The Morgan fingerprint density at radius 1 is 1.00 bits per heavy atom. The highest BCUT2D eigenvalue weighted by molar-refractivity contribution is 5.26. The van der Waals surface area contributed by atoms with Gasteiger partial charge < -0.3 is 5.11 Å². The molecular formula is C21H25F3N2O. The molecule has 0 bridgehead atoms. The lowest BCUT2D eigenvalue weighted by atomic mass is 10.0. The summed E-state index contributed by atoms with van der Waals surface area (Å²) in [4.78, 5) is 4.58. The third-order valence-electron chi connectivity index (χ3n) is 5.14. The number of phenols is 1. The summed E-state index contributed by atoms with van der Waals surface area (Å²) in [6.07, 6.45) is -1.17. The number of nitrogens with zero attached hydrogens (tertiary/aromatic N) is 2. The SMILES string of the molecule is CN1CN(Cc2ccc(C(F)(F)F)cc2)CC1CCCc1ccc(O)cc1. The fraction of sp³-hybridized carbons (Fsp3) is 0.429. The molecule has 0 spiro atoms. The van der Waals surface area contributed by atoms with E-state index in [1.165, 1.54) is 5.56 Å². The van der Waals surface area contributed by atoms with Gasteiger partial charge in [0, 0.05) is 19.1 Å². The summed E-state index contributed by atoms with van der Waals surface area (Å²) in [6, 6.07) is 13.2. The molecule has 0 aliphatic carbocycles. The summed E-state index contributed by atoms with van der Waals surface area (Å²) >= 11 is 0. The molecule has 146 valence electrons. The first kappa shape index (κ1) is 19.7. The average molecular weight is 378 g/mol. The minimum atomic E-state index is -4.28. The van der Waals surface area contributed by atoms with E-state index in [1.807, 2.05) is 12.1 Å². The standard InChI is InChI=1S/C21H25F3N2O/c1-25-15-26(13-17-5-9-18(10-6-17)21(22,23)24)14-19(25)4-2-3-16-7-11-20(27)12-8-16/h5-12,19,27H,2-4,13-15H2,1H3. The normalized spacial score (nSPS) is 18.9. The molecule has 0 amide bonds. The molecular weight excluding hydrogens is 353 g/mol. The number of halogens is 3. The topological polar surface area (TPSA) is 26.7 Å². The summed E-state index contributed by atoms with van der Waals surface area (Å²) in [5.74, 6) is 0.285. The van der Waals surface area contributed by atoms with E-state index in [0.717, 1.165) is 50.2 Å². The Hall–Kier alpha value is -2.05. The zero-order valence-electron chi connectivity index (χ0n) is 15.4. The Morgan fingerprint density at radius 2 is 1.63 bits per heavy atom. The number of rotatable bonds is 6. The highest BCUT2D eigenvalue weighted by atomic mass is 19.4. The number of hydrogen-bond donors (Lipinski definition) is 1. The van der Waals surface area contributed by atoms with Gasteiger partial charge in [-0.15, -0.1) is 0 Å². The van der Waals surface area contributed by atoms with Crippen LogP contribution in [0.1, 0.15) is 29.5 Å². The quantitative estimate of drug-likeness (QED) is 0.801. The van der Waals surface area contributed by atoms with Crippen LogP contribution in [-0.2, 0) is 19.1 Å². The predicted octanol–water partition coefficient (Wildman–Crippen LogP) is 4.51. The first-order valence-corrected chi connectivity index (χ1v) is 9.18. The first-order valence-electron chi connectivity index (χ1n) is 9.18. The minimum absolute atomic E-state index is 0.285. The van der Waals surface area contributed by atoms with Crippen molar-refractivity contribution < 1.29 is 18.3 Å². The van der Waals surface area contributed by atoms with Crippen LogP contribution in [0.2, 0.25) is 0 Å². The fourth-order valence-corrected chi connectivity index (χ4v) is 3.61. The third-order valence-corrected chi connectivity index (χ3v) is 5.14. The zero-order valence-corrected chi connectivity index (χ0v) is 15.4. The predicted molar refractivity (Wildman–Crippen MR) is 99.3 cm³/mol. The van der Waals surface area contributed by atoms with Crippen molar-refractivity contribution in [2.45, 2.75) is 38.0 Å².